The van der Waals surface area contributed by atoms with E-state index in [2.05, 4.69) is 32.7 Å². The molecule has 0 heterocycles. The van der Waals surface area contributed by atoms with Gasteiger partial charge in [0, 0.05) is 6.42 Å². The fraction of sp³-hybridized carbons (Fsp3) is 0.714. The van der Waals surface area contributed by atoms with Crippen LogP contribution in [0.5, 0.6) is 0 Å². The van der Waals surface area contributed by atoms with Crippen molar-refractivity contribution in [1.82, 2.24) is 0 Å². The number of hydrogen-bond acceptors (Lipinski definition) is 1. The summed E-state index contributed by atoms with van der Waals surface area (Å²) in [7, 11) is 0. The molecule has 0 unspecified atom stereocenters. The molecule has 0 aromatic carbocycles. The van der Waals surface area contributed by atoms with Crippen LogP contribution in [0.1, 0.15) is 32.1 Å². The van der Waals surface area contributed by atoms with Crippen molar-refractivity contribution in [3.63, 3.8) is 0 Å². The van der Waals surface area contributed by atoms with Crippen molar-refractivity contribution in [2.45, 2.75) is 32.1 Å². The van der Waals surface area contributed by atoms with Crippen molar-refractivity contribution in [1.29, 1.82) is 5.26 Å². The van der Waals surface area contributed by atoms with Gasteiger partial charge in [-0.05, 0) is 6.42 Å². The van der Waals surface area contributed by atoms with Crippen molar-refractivity contribution in [3.8, 4) is 6.07 Å². The average molecular weight is 302 g/mol. The molecule has 0 spiro atoms. The van der Waals surface area contributed by atoms with E-state index in [1.165, 1.54) is 21.2 Å². The molecule has 0 aliphatic rings. The number of rotatable bonds is 4. The second kappa shape index (κ2) is 16.4. The molecule has 54 valence electrons. The third-order valence-electron chi connectivity index (χ3n) is 1.04. The van der Waals surface area contributed by atoms with Crippen molar-refractivity contribution < 1.29 is 14.8 Å². The summed E-state index contributed by atoms with van der Waals surface area (Å²) in [6.07, 6.45) is 5.09. The number of nitrogens with zero attached hydrogens (tertiary/aromatic N) is 1. The number of nitriles is 1. The summed E-state index contributed by atoms with van der Waals surface area (Å²) in [6, 6.07) is 2.11. The van der Waals surface area contributed by atoms with Gasteiger partial charge in [0.25, 0.3) is 0 Å². The third kappa shape index (κ3) is 15.9. The summed E-state index contributed by atoms with van der Waals surface area (Å²) in [5, 5.41) is 8.10. The van der Waals surface area contributed by atoms with E-state index >= 15 is 0 Å². The number of hydrogen-bond donors (Lipinski definition) is 0. The maximum absolute atomic E-state index is 8.10. The van der Waals surface area contributed by atoms with E-state index in [1.807, 2.05) is 0 Å². The molecule has 0 atom stereocenters. The molecule has 0 saturated heterocycles. The van der Waals surface area contributed by atoms with E-state index < -0.39 is 0 Å². The van der Waals surface area contributed by atoms with E-state index in [9.17, 15) is 0 Å². The summed E-state index contributed by atoms with van der Waals surface area (Å²) >= 11 is 3.62. The molecular formula is C7H12INZn. The van der Waals surface area contributed by atoms with Crippen LogP contribution in [-0.2, 0) is 14.8 Å². The second-order valence-corrected chi connectivity index (χ2v) is 1.82. The molecule has 0 N–H and O–H groups in total. The van der Waals surface area contributed by atoms with Gasteiger partial charge in [-0.1, -0.05) is 12.8 Å². The molecule has 0 aromatic rings. The first kappa shape index (κ1) is 13.4. The Morgan fingerprint density at radius 2 is 1.90 bits per heavy atom. The maximum atomic E-state index is 8.10. The van der Waals surface area contributed by atoms with E-state index in [-0.39, 0.29) is 0 Å². The molecule has 0 rings (SSSR count). The molecule has 3 heteroatoms. The monoisotopic (exact) mass is 301 g/mol. The van der Waals surface area contributed by atoms with Crippen LogP contribution in [0, 0.1) is 18.3 Å². The minimum atomic E-state index is 0.708. The molecule has 0 aliphatic heterocycles. The van der Waals surface area contributed by atoms with Gasteiger partial charge in [-0.25, -0.2) is 0 Å². The standard InChI is InChI=1S/C7H12N.HI.Zn/c1-2-3-4-5-6-7-8;;/h1-6H2;1H;/q-1;;+2/p-1. The van der Waals surface area contributed by atoms with Gasteiger partial charge < -0.3 is 6.92 Å². The Morgan fingerprint density at radius 1 is 1.30 bits per heavy atom. The first-order valence-corrected chi connectivity index (χ1v) is 12.4. The van der Waals surface area contributed by atoms with Crippen molar-refractivity contribution in [3.05, 3.63) is 6.92 Å². The van der Waals surface area contributed by atoms with Crippen LogP contribution in [0.2, 0.25) is 0 Å². The molecule has 0 radical (unpaired) electrons. The Labute approximate surface area is 84.4 Å². The van der Waals surface area contributed by atoms with Crippen LogP contribution >= 0.6 is 19.8 Å². The zero-order valence-corrected chi connectivity index (χ0v) is 11.4. The van der Waals surface area contributed by atoms with Gasteiger partial charge in [0.1, 0.15) is 0 Å². The van der Waals surface area contributed by atoms with Crippen molar-refractivity contribution in [2.24, 2.45) is 0 Å². The zero-order chi connectivity index (χ0) is 8.24. The summed E-state index contributed by atoms with van der Waals surface area (Å²) in [6.45, 7) is 3.70. The predicted molar refractivity (Wildman–Crippen MR) is 48.1 cm³/mol. The van der Waals surface area contributed by atoms with Crippen LogP contribution in [0.25, 0.3) is 0 Å². The van der Waals surface area contributed by atoms with Crippen LogP contribution in [-0.4, -0.2) is 0 Å². The summed E-state index contributed by atoms with van der Waals surface area (Å²) in [5.41, 5.74) is 0. The van der Waals surface area contributed by atoms with Gasteiger partial charge >= 0.3 is 34.5 Å². The number of halogens is 1. The van der Waals surface area contributed by atoms with Gasteiger partial charge in [-0.3, -0.25) is 0 Å². The van der Waals surface area contributed by atoms with Crippen molar-refractivity contribution in [2.75, 3.05) is 0 Å². The first-order chi connectivity index (χ1) is 4.91. The molecule has 0 saturated carbocycles. The van der Waals surface area contributed by atoms with E-state index in [4.69, 9.17) is 5.26 Å². The van der Waals surface area contributed by atoms with Crippen LogP contribution < -0.4 is 0 Å². The molecule has 1 nitrogen and oxygen atoms in total. The Bertz CT molecular complexity index is 80.2. The van der Waals surface area contributed by atoms with E-state index in [1.54, 1.807) is 0 Å². The van der Waals surface area contributed by atoms with Crippen LogP contribution in [0.15, 0.2) is 0 Å². The molecule has 10 heavy (non-hydrogen) atoms. The SMILES string of the molecule is [CH2-]CCCCCC#N.[Zn+][I]. The fourth-order valence-electron chi connectivity index (χ4n) is 0.558. The molecular weight excluding hydrogens is 290 g/mol. The first-order valence-electron chi connectivity index (χ1n) is 3.34. The number of unbranched alkanes of at least 4 members (excludes halogenated alkanes) is 4. The molecule has 0 fully saturated rings. The molecule has 0 amide bonds. The fourth-order valence-corrected chi connectivity index (χ4v) is 0.558. The topological polar surface area (TPSA) is 23.8 Å². The molecule has 0 aromatic heterocycles. The normalized spacial score (nSPS) is 7.50. The van der Waals surface area contributed by atoms with Crippen molar-refractivity contribution >= 4 is 19.8 Å². The Morgan fingerprint density at radius 3 is 2.30 bits per heavy atom. The summed E-state index contributed by atoms with van der Waals surface area (Å²) in [4.78, 5) is 0. The summed E-state index contributed by atoms with van der Waals surface area (Å²) < 4.78 is 0. The van der Waals surface area contributed by atoms with Gasteiger partial charge in [-0.2, -0.15) is 11.7 Å². The van der Waals surface area contributed by atoms with Gasteiger partial charge in [0.05, 0.1) is 6.07 Å². The quantitative estimate of drug-likeness (QED) is 0.339. The third-order valence-corrected chi connectivity index (χ3v) is 1.04. The molecule has 0 aliphatic carbocycles. The molecule has 0 bridgehead atoms. The van der Waals surface area contributed by atoms with E-state index in [0.29, 0.717) is 6.42 Å². The second-order valence-electron chi connectivity index (χ2n) is 1.82. The van der Waals surface area contributed by atoms with E-state index in [0.717, 1.165) is 19.3 Å². The van der Waals surface area contributed by atoms with Gasteiger partial charge in [0.15, 0.2) is 0 Å². The predicted octanol–water partition coefficient (Wildman–Crippen LogP) is 3.18. The van der Waals surface area contributed by atoms with Gasteiger partial charge in [-0.15, -0.1) is 0 Å². The summed E-state index contributed by atoms with van der Waals surface area (Å²) in [5.74, 6) is 0. The average Bonchev–Trinajstić information content (AvgIpc) is 2.02. The van der Waals surface area contributed by atoms with Crippen LogP contribution in [0.3, 0.4) is 0 Å². The zero-order valence-electron chi connectivity index (χ0n) is 6.27. The minimum absolute atomic E-state index is 0.708. The van der Waals surface area contributed by atoms with Gasteiger partial charge in [0.2, 0.25) is 0 Å². The Hall–Kier alpha value is 0.843. The Balaban J connectivity index is 0. The Kier molecular flexibility index (Phi) is 22.1. The van der Waals surface area contributed by atoms with Crippen LogP contribution in [0.4, 0.5) is 0 Å².